The molecule has 4 rings (SSSR count). The fraction of sp³-hybridized carbons (Fsp3) is 0.464. The molecule has 212 valence electrons. The smallest absolute Gasteiger partial charge is 0.387 e. The van der Waals surface area contributed by atoms with Crippen LogP contribution < -0.4 is 5.32 Å². The number of nitrogens with one attached hydrogen (secondary N) is 1. The molecule has 2 aromatic carbocycles. The molecule has 1 aliphatic rings. The Morgan fingerprint density at radius 2 is 1.74 bits per heavy atom. The third-order valence-corrected chi connectivity index (χ3v) is 9.21. The van der Waals surface area contributed by atoms with Crippen LogP contribution in [0.5, 0.6) is 0 Å². The number of aromatic nitrogens is 1. The standard InChI is InChI=1S/C28H34F3N3O4S/c1-3-34-23(18-33-13-11-22(12-14-33)28(29,30)31)16-21-15-20(7-10-25(21)34)27(36)32-17-26(35)19-5-8-24(9-6-19)39(37,38)4-2/h5-10,15-16,22,26,35H,3-4,11-14,17-18H2,1-2H3,(H,32,36)/t26-/m0/s1. The molecule has 0 aliphatic carbocycles. The number of piperidine rings is 1. The molecule has 1 aromatic heterocycles. The van der Waals surface area contributed by atoms with Crippen LogP contribution in [-0.2, 0) is 22.9 Å². The topological polar surface area (TPSA) is 91.6 Å². The van der Waals surface area contributed by atoms with Gasteiger partial charge in [-0.05, 0) is 74.8 Å². The lowest BCUT2D eigenvalue weighted by Gasteiger charge is -2.33. The Morgan fingerprint density at radius 1 is 1.08 bits per heavy atom. The number of amides is 1. The summed E-state index contributed by atoms with van der Waals surface area (Å²) in [5, 5.41) is 14.1. The monoisotopic (exact) mass is 565 g/mol. The summed E-state index contributed by atoms with van der Waals surface area (Å²) in [7, 11) is -3.34. The van der Waals surface area contributed by atoms with Gasteiger partial charge in [0.25, 0.3) is 5.91 Å². The number of aryl methyl sites for hydroxylation is 1. The van der Waals surface area contributed by atoms with Crippen molar-refractivity contribution in [2.24, 2.45) is 5.92 Å². The summed E-state index contributed by atoms with van der Waals surface area (Å²) in [4.78, 5) is 15.1. The first kappa shape index (κ1) is 29.1. The van der Waals surface area contributed by atoms with E-state index in [-0.39, 0.29) is 35.9 Å². The van der Waals surface area contributed by atoms with Gasteiger partial charge in [-0.1, -0.05) is 19.1 Å². The Hall–Kier alpha value is -2.89. The Labute approximate surface area is 226 Å². The van der Waals surface area contributed by atoms with Crippen molar-refractivity contribution in [2.45, 2.75) is 57.0 Å². The van der Waals surface area contributed by atoms with E-state index >= 15 is 0 Å². The lowest BCUT2D eigenvalue weighted by molar-refractivity contribution is -0.185. The van der Waals surface area contributed by atoms with Gasteiger partial charge in [0.15, 0.2) is 9.84 Å². The summed E-state index contributed by atoms with van der Waals surface area (Å²) in [5.41, 5.74) is 2.84. The number of aliphatic hydroxyl groups is 1. The zero-order valence-electron chi connectivity index (χ0n) is 22.0. The van der Waals surface area contributed by atoms with Crippen molar-refractivity contribution in [3.63, 3.8) is 0 Å². The number of alkyl halides is 3. The summed E-state index contributed by atoms with van der Waals surface area (Å²) in [5.74, 6) is -1.61. The molecule has 11 heteroatoms. The fourth-order valence-corrected chi connectivity index (χ4v) is 5.98. The van der Waals surface area contributed by atoms with E-state index < -0.39 is 28.0 Å². The maximum atomic E-state index is 13.0. The first-order chi connectivity index (χ1) is 18.4. The fourth-order valence-electron chi connectivity index (χ4n) is 5.09. The molecular formula is C28H34F3N3O4S. The lowest BCUT2D eigenvalue weighted by atomic mass is 9.96. The first-order valence-corrected chi connectivity index (χ1v) is 14.8. The number of hydrogen-bond donors (Lipinski definition) is 2. The molecule has 0 spiro atoms. The number of benzene rings is 2. The number of aliphatic hydroxyl groups excluding tert-OH is 1. The quantitative estimate of drug-likeness (QED) is 0.393. The van der Waals surface area contributed by atoms with Gasteiger partial charge in [-0.2, -0.15) is 13.2 Å². The van der Waals surface area contributed by atoms with Crippen molar-refractivity contribution in [3.8, 4) is 0 Å². The number of carbonyl (C=O) groups is 1. The number of nitrogens with zero attached hydrogens (tertiary/aromatic N) is 2. The van der Waals surface area contributed by atoms with Crippen LogP contribution >= 0.6 is 0 Å². The molecule has 3 aromatic rings. The molecule has 1 amide bonds. The Kier molecular flexibility index (Phi) is 8.72. The number of carbonyl (C=O) groups excluding carboxylic acids is 1. The second-order valence-corrected chi connectivity index (χ2v) is 12.2. The number of halogens is 3. The van der Waals surface area contributed by atoms with E-state index in [2.05, 4.69) is 9.88 Å². The van der Waals surface area contributed by atoms with E-state index in [0.717, 1.165) is 16.6 Å². The van der Waals surface area contributed by atoms with E-state index in [0.29, 0.717) is 37.3 Å². The van der Waals surface area contributed by atoms with Crippen LogP contribution in [0.2, 0.25) is 0 Å². The van der Waals surface area contributed by atoms with Crippen molar-refractivity contribution in [1.29, 1.82) is 0 Å². The first-order valence-electron chi connectivity index (χ1n) is 13.1. The highest BCUT2D eigenvalue weighted by Gasteiger charge is 2.41. The third kappa shape index (κ3) is 6.64. The molecule has 39 heavy (non-hydrogen) atoms. The number of fused-ring (bicyclic) bond motifs is 1. The molecule has 0 saturated carbocycles. The van der Waals surface area contributed by atoms with Crippen LogP contribution in [0.3, 0.4) is 0 Å². The number of rotatable bonds is 9. The molecular weight excluding hydrogens is 531 g/mol. The zero-order valence-corrected chi connectivity index (χ0v) is 22.9. The van der Waals surface area contributed by atoms with Crippen LogP contribution in [0, 0.1) is 5.92 Å². The largest absolute Gasteiger partial charge is 0.391 e. The van der Waals surface area contributed by atoms with Gasteiger partial charge in [0.1, 0.15) is 0 Å². The maximum Gasteiger partial charge on any atom is 0.391 e. The average molecular weight is 566 g/mol. The Morgan fingerprint density at radius 3 is 2.33 bits per heavy atom. The highest BCUT2D eigenvalue weighted by atomic mass is 32.2. The Balaban J connectivity index is 1.40. The van der Waals surface area contributed by atoms with Crippen LogP contribution in [0.1, 0.15) is 54.4 Å². The van der Waals surface area contributed by atoms with Crippen LogP contribution in [0.15, 0.2) is 53.4 Å². The van der Waals surface area contributed by atoms with Gasteiger partial charge in [0, 0.05) is 41.8 Å². The van der Waals surface area contributed by atoms with Crippen LogP contribution in [0.4, 0.5) is 13.2 Å². The molecule has 0 unspecified atom stereocenters. The molecule has 1 aliphatic heterocycles. The number of likely N-dealkylation sites (tertiary alicyclic amines) is 1. The van der Waals surface area contributed by atoms with E-state index in [4.69, 9.17) is 0 Å². The highest BCUT2D eigenvalue weighted by molar-refractivity contribution is 7.91. The molecule has 1 saturated heterocycles. The van der Waals surface area contributed by atoms with Crippen LogP contribution in [-0.4, -0.2) is 60.5 Å². The minimum absolute atomic E-state index is 0.0148. The third-order valence-electron chi connectivity index (χ3n) is 7.46. The zero-order chi connectivity index (χ0) is 28.4. The molecule has 0 bridgehead atoms. The van der Waals surface area contributed by atoms with Gasteiger partial charge in [0.2, 0.25) is 0 Å². The van der Waals surface area contributed by atoms with Crippen molar-refractivity contribution >= 4 is 26.6 Å². The molecule has 1 fully saturated rings. The van der Waals surface area contributed by atoms with Crippen molar-refractivity contribution in [1.82, 2.24) is 14.8 Å². The SMILES string of the molecule is CCn1c(CN2CCC(C(F)(F)F)CC2)cc2cc(C(=O)NC[C@H](O)c3ccc(S(=O)(=O)CC)cc3)ccc21. The minimum Gasteiger partial charge on any atom is -0.387 e. The van der Waals surface area contributed by atoms with Gasteiger partial charge in [-0.25, -0.2) is 8.42 Å². The average Bonchev–Trinajstić information content (AvgIpc) is 3.27. The molecule has 2 heterocycles. The van der Waals surface area contributed by atoms with Gasteiger partial charge in [0.05, 0.1) is 22.7 Å². The second kappa shape index (κ2) is 11.7. The van der Waals surface area contributed by atoms with E-state index in [1.165, 1.54) is 24.3 Å². The summed E-state index contributed by atoms with van der Waals surface area (Å²) in [6.07, 6.45) is -4.94. The number of hydrogen-bond acceptors (Lipinski definition) is 5. The summed E-state index contributed by atoms with van der Waals surface area (Å²) in [6, 6.07) is 13.3. The van der Waals surface area contributed by atoms with Crippen molar-refractivity contribution in [3.05, 3.63) is 65.4 Å². The van der Waals surface area contributed by atoms with Crippen molar-refractivity contribution in [2.75, 3.05) is 25.4 Å². The van der Waals surface area contributed by atoms with Gasteiger partial charge >= 0.3 is 6.18 Å². The number of sulfone groups is 1. The van der Waals surface area contributed by atoms with Gasteiger partial charge < -0.3 is 15.0 Å². The van der Waals surface area contributed by atoms with Gasteiger partial charge in [-0.3, -0.25) is 9.69 Å². The maximum absolute atomic E-state index is 13.0. The predicted molar refractivity (Wildman–Crippen MR) is 143 cm³/mol. The lowest BCUT2D eigenvalue weighted by Crippen LogP contribution is -2.38. The highest BCUT2D eigenvalue weighted by Crippen LogP contribution is 2.34. The van der Waals surface area contributed by atoms with Gasteiger partial charge in [-0.15, -0.1) is 0 Å². The van der Waals surface area contributed by atoms with E-state index in [9.17, 15) is 31.5 Å². The van der Waals surface area contributed by atoms with Crippen molar-refractivity contribution < 1.29 is 31.5 Å². The summed E-state index contributed by atoms with van der Waals surface area (Å²) in [6.45, 7) is 5.53. The molecule has 7 nitrogen and oxygen atoms in total. The second-order valence-electron chi connectivity index (χ2n) is 9.94. The minimum atomic E-state index is -4.14. The van der Waals surface area contributed by atoms with E-state index in [1.54, 1.807) is 19.1 Å². The predicted octanol–water partition coefficient (Wildman–Crippen LogP) is 4.69. The summed E-state index contributed by atoms with van der Waals surface area (Å²) >= 11 is 0. The summed E-state index contributed by atoms with van der Waals surface area (Å²) < 4.78 is 65.1. The normalized spacial score (nSPS) is 16.5. The molecule has 0 radical (unpaired) electrons. The molecule has 2 N–H and O–H groups in total. The Bertz CT molecular complexity index is 1410. The molecule has 1 atom stereocenters. The van der Waals surface area contributed by atoms with E-state index in [1.807, 2.05) is 24.0 Å². The van der Waals surface area contributed by atoms with Crippen LogP contribution in [0.25, 0.3) is 10.9 Å².